The van der Waals surface area contributed by atoms with Crippen LogP contribution in [0.5, 0.6) is 0 Å². The summed E-state index contributed by atoms with van der Waals surface area (Å²) in [5.41, 5.74) is 1.01. The monoisotopic (exact) mass is 489 g/mol. The molecule has 1 aliphatic rings. The van der Waals surface area contributed by atoms with Crippen molar-refractivity contribution in [3.05, 3.63) is 81.1 Å². The highest BCUT2D eigenvalue weighted by Gasteiger charge is 2.27. The van der Waals surface area contributed by atoms with Crippen LogP contribution in [0.15, 0.2) is 63.9 Å². The molecule has 1 N–H and O–H groups in total. The van der Waals surface area contributed by atoms with Crippen LogP contribution in [0.1, 0.15) is 29.0 Å². The van der Waals surface area contributed by atoms with Crippen LogP contribution in [0.2, 0.25) is 5.02 Å². The summed E-state index contributed by atoms with van der Waals surface area (Å²) in [7, 11) is -3.48. The van der Waals surface area contributed by atoms with Crippen molar-refractivity contribution in [2.45, 2.75) is 24.3 Å². The average Bonchev–Trinajstić information content (AvgIpc) is 3.50. The van der Waals surface area contributed by atoms with Gasteiger partial charge in [-0.05, 0) is 48.7 Å². The second-order valence-corrected chi connectivity index (χ2v) is 9.87. The normalized spacial score (nSPS) is 14.3. The molecule has 0 bridgehead atoms. The van der Waals surface area contributed by atoms with Crippen molar-refractivity contribution in [1.82, 2.24) is 9.62 Å². The van der Waals surface area contributed by atoms with Gasteiger partial charge in [0, 0.05) is 37.3 Å². The molecule has 11 heteroatoms. The Hall–Kier alpha value is -3.21. The van der Waals surface area contributed by atoms with Gasteiger partial charge in [0.15, 0.2) is 5.76 Å². The molecule has 0 unspecified atom stereocenters. The van der Waals surface area contributed by atoms with Crippen molar-refractivity contribution < 1.29 is 22.6 Å². The predicted octanol–water partition coefficient (Wildman–Crippen LogP) is 4.22. The van der Waals surface area contributed by atoms with Gasteiger partial charge in [-0.15, -0.1) is 0 Å². The molecule has 0 atom stereocenters. The number of carbonyl (C=O) groups is 1. The van der Waals surface area contributed by atoms with Gasteiger partial charge in [0.25, 0.3) is 11.6 Å². The molecular formula is C22H20ClN3O6S. The van der Waals surface area contributed by atoms with E-state index < -0.39 is 20.9 Å². The minimum atomic E-state index is -3.48. The maximum Gasteiger partial charge on any atom is 0.287 e. The smallest absolute Gasteiger partial charge is 0.287 e. The molecule has 1 amide bonds. The van der Waals surface area contributed by atoms with E-state index in [0.717, 1.165) is 18.4 Å². The van der Waals surface area contributed by atoms with Gasteiger partial charge in [-0.2, -0.15) is 4.31 Å². The van der Waals surface area contributed by atoms with E-state index >= 15 is 0 Å². The molecule has 1 aliphatic heterocycles. The highest BCUT2D eigenvalue weighted by atomic mass is 35.5. The Morgan fingerprint density at radius 3 is 2.42 bits per heavy atom. The van der Waals surface area contributed by atoms with Crippen LogP contribution >= 0.6 is 11.6 Å². The second-order valence-electron chi connectivity index (χ2n) is 7.52. The van der Waals surface area contributed by atoms with Crippen molar-refractivity contribution in [1.29, 1.82) is 0 Å². The standard InChI is InChI=1S/C22H20ClN3O6S/c23-19-13-16(26(28)29)5-8-18(19)20-9-10-21(32-20)22(27)24-14-15-3-6-17(7-4-15)33(30,31)25-11-1-2-12-25/h3-10,13H,1-2,11-12,14H2,(H,24,27). The van der Waals surface area contributed by atoms with Crippen LogP contribution in [0, 0.1) is 10.1 Å². The van der Waals surface area contributed by atoms with Crippen molar-refractivity contribution in [3.8, 4) is 11.3 Å². The zero-order valence-corrected chi connectivity index (χ0v) is 18.9. The lowest BCUT2D eigenvalue weighted by molar-refractivity contribution is -0.384. The number of nitrogens with one attached hydrogen (secondary N) is 1. The fraction of sp³-hybridized carbons (Fsp3) is 0.227. The number of benzene rings is 2. The molecule has 0 saturated carbocycles. The first-order valence-electron chi connectivity index (χ1n) is 10.2. The SMILES string of the molecule is O=C(NCc1ccc(S(=O)(=O)N2CCCC2)cc1)c1ccc(-c2ccc([N+](=O)[O-])cc2Cl)o1. The van der Waals surface area contributed by atoms with Gasteiger partial charge in [0.05, 0.1) is 14.8 Å². The van der Waals surface area contributed by atoms with Crippen LogP contribution in [-0.4, -0.2) is 36.6 Å². The lowest BCUT2D eigenvalue weighted by atomic mass is 10.1. The van der Waals surface area contributed by atoms with Gasteiger partial charge < -0.3 is 9.73 Å². The lowest BCUT2D eigenvalue weighted by Gasteiger charge is -2.15. The molecule has 1 saturated heterocycles. The van der Waals surface area contributed by atoms with Gasteiger partial charge in [-0.25, -0.2) is 8.42 Å². The first-order chi connectivity index (χ1) is 15.8. The minimum Gasteiger partial charge on any atom is -0.451 e. The molecule has 0 spiro atoms. The van der Waals surface area contributed by atoms with E-state index in [1.165, 1.54) is 40.7 Å². The molecule has 2 aromatic carbocycles. The predicted molar refractivity (Wildman–Crippen MR) is 121 cm³/mol. The van der Waals surface area contributed by atoms with E-state index in [1.54, 1.807) is 18.2 Å². The number of nitrogens with zero attached hydrogens (tertiary/aromatic N) is 2. The lowest BCUT2D eigenvalue weighted by Crippen LogP contribution is -2.27. The largest absolute Gasteiger partial charge is 0.451 e. The molecule has 1 aromatic heterocycles. The molecule has 9 nitrogen and oxygen atoms in total. The molecule has 3 aromatic rings. The number of sulfonamides is 1. The summed E-state index contributed by atoms with van der Waals surface area (Å²) in [5.74, 6) is -0.114. The van der Waals surface area contributed by atoms with Crippen molar-refractivity contribution in [2.75, 3.05) is 13.1 Å². The Balaban J connectivity index is 1.40. The minimum absolute atomic E-state index is 0.0488. The Labute approximate surface area is 195 Å². The summed E-state index contributed by atoms with van der Waals surface area (Å²) >= 11 is 6.11. The number of amides is 1. The summed E-state index contributed by atoms with van der Waals surface area (Å²) < 4.78 is 32.2. The van der Waals surface area contributed by atoms with Gasteiger partial charge in [0.2, 0.25) is 10.0 Å². The molecule has 2 heterocycles. The van der Waals surface area contributed by atoms with Crippen molar-refractivity contribution >= 4 is 33.2 Å². The Morgan fingerprint density at radius 2 is 1.79 bits per heavy atom. The number of halogens is 1. The van der Waals surface area contributed by atoms with E-state index in [4.69, 9.17) is 16.0 Å². The summed E-state index contributed by atoms with van der Waals surface area (Å²) in [4.78, 5) is 23.0. The third-order valence-corrected chi connectivity index (χ3v) is 7.56. The third-order valence-electron chi connectivity index (χ3n) is 5.34. The van der Waals surface area contributed by atoms with Gasteiger partial charge >= 0.3 is 0 Å². The van der Waals surface area contributed by atoms with Crippen molar-refractivity contribution in [3.63, 3.8) is 0 Å². The zero-order valence-electron chi connectivity index (χ0n) is 17.4. The topological polar surface area (TPSA) is 123 Å². The Morgan fingerprint density at radius 1 is 1.09 bits per heavy atom. The summed E-state index contributed by atoms with van der Waals surface area (Å²) in [6.07, 6.45) is 1.74. The first-order valence-corrected chi connectivity index (χ1v) is 12.0. The quantitative estimate of drug-likeness (QED) is 0.391. The van der Waals surface area contributed by atoms with E-state index in [-0.39, 0.29) is 27.9 Å². The van der Waals surface area contributed by atoms with Crippen molar-refractivity contribution in [2.24, 2.45) is 0 Å². The van der Waals surface area contributed by atoms with Crippen LogP contribution in [0.25, 0.3) is 11.3 Å². The summed E-state index contributed by atoms with van der Waals surface area (Å²) in [5, 5.41) is 13.7. The number of furan rings is 1. The molecular weight excluding hydrogens is 470 g/mol. The molecule has 0 aliphatic carbocycles. The number of non-ortho nitro benzene ring substituents is 1. The Kier molecular flexibility index (Phi) is 6.50. The third kappa shape index (κ3) is 4.92. The van der Waals surface area contributed by atoms with Crippen LogP contribution < -0.4 is 5.32 Å². The van der Waals surface area contributed by atoms with Gasteiger partial charge in [0.1, 0.15) is 5.76 Å². The zero-order chi connectivity index (χ0) is 23.6. The number of carbonyl (C=O) groups excluding carboxylic acids is 1. The van der Waals surface area contributed by atoms with Crippen LogP contribution in [0.4, 0.5) is 5.69 Å². The van der Waals surface area contributed by atoms with Crippen LogP contribution in [-0.2, 0) is 16.6 Å². The highest BCUT2D eigenvalue weighted by molar-refractivity contribution is 7.89. The molecule has 4 rings (SSSR count). The number of rotatable bonds is 7. The summed E-state index contributed by atoms with van der Waals surface area (Å²) in [6, 6.07) is 13.4. The maximum absolute atomic E-state index is 12.6. The second kappa shape index (κ2) is 9.34. The average molecular weight is 490 g/mol. The van der Waals surface area contributed by atoms with E-state index in [1.807, 2.05) is 0 Å². The highest BCUT2D eigenvalue weighted by Crippen LogP contribution is 2.32. The molecule has 0 radical (unpaired) electrons. The van der Waals surface area contributed by atoms with Gasteiger partial charge in [-0.1, -0.05) is 23.7 Å². The van der Waals surface area contributed by atoms with E-state index in [9.17, 15) is 23.3 Å². The number of hydrogen-bond donors (Lipinski definition) is 1. The number of nitro benzene ring substituents is 1. The van der Waals surface area contributed by atoms with Crippen LogP contribution in [0.3, 0.4) is 0 Å². The van der Waals surface area contributed by atoms with E-state index in [2.05, 4.69) is 5.32 Å². The fourth-order valence-electron chi connectivity index (χ4n) is 3.55. The number of hydrogen-bond acceptors (Lipinski definition) is 6. The summed E-state index contributed by atoms with van der Waals surface area (Å²) in [6.45, 7) is 1.25. The molecule has 1 fully saturated rings. The first kappa shape index (κ1) is 23.0. The number of nitro groups is 1. The van der Waals surface area contributed by atoms with Gasteiger partial charge in [-0.3, -0.25) is 14.9 Å². The fourth-order valence-corrected chi connectivity index (χ4v) is 5.33. The Bertz CT molecular complexity index is 1300. The molecule has 172 valence electrons. The van der Waals surface area contributed by atoms with E-state index in [0.29, 0.717) is 24.4 Å². The molecule has 33 heavy (non-hydrogen) atoms. The maximum atomic E-state index is 12.6.